The first-order chi connectivity index (χ1) is 18.1. The molecule has 0 radical (unpaired) electrons. The van der Waals surface area contributed by atoms with E-state index in [1.165, 1.54) is 44.1 Å². The lowest BCUT2D eigenvalue weighted by atomic mass is 9.82. The maximum absolute atomic E-state index is 5.02. The van der Waals surface area contributed by atoms with Crippen molar-refractivity contribution in [3.63, 3.8) is 0 Å². The topological polar surface area (TPSA) is 12.9 Å². The lowest BCUT2D eigenvalue weighted by molar-refractivity contribution is 0.596. The predicted molar refractivity (Wildman–Crippen MR) is 172 cm³/mol. The second-order valence-electron chi connectivity index (χ2n) is 12.8. The van der Waals surface area contributed by atoms with Gasteiger partial charge in [-0.3, -0.25) is 4.98 Å². The molecule has 196 valence electrons. The van der Waals surface area contributed by atoms with Crippen LogP contribution in [0.25, 0.3) is 32.1 Å². The van der Waals surface area contributed by atoms with Crippen LogP contribution in [0.15, 0.2) is 85.1 Å². The average molecular weight is 536 g/mol. The predicted octanol–water partition coefficient (Wildman–Crippen LogP) is 9.29. The molecule has 0 fully saturated rings. The van der Waals surface area contributed by atoms with E-state index in [9.17, 15) is 0 Å². The van der Waals surface area contributed by atoms with E-state index in [4.69, 9.17) is 4.98 Å². The van der Waals surface area contributed by atoms with Crippen molar-refractivity contribution in [3.05, 3.63) is 90.6 Å². The Hall–Kier alpha value is -2.75. The molecule has 5 aromatic rings. The van der Waals surface area contributed by atoms with Crippen LogP contribution in [-0.4, -0.2) is 13.1 Å². The molecule has 3 aromatic carbocycles. The number of benzene rings is 3. The molecule has 0 amide bonds. The third-order valence-electron chi connectivity index (χ3n) is 7.69. The fourth-order valence-corrected chi connectivity index (χ4v) is 14.5. The molecule has 1 nitrogen and oxygen atoms in total. The number of pyridine rings is 1. The Labute approximate surface area is 234 Å². The Morgan fingerprint density at radius 2 is 1.42 bits per heavy atom. The lowest BCUT2D eigenvalue weighted by Gasteiger charge is -2.34. The zero-order valence-corrected chi connectivity index (χ0v) is 25.8. The van der Waals surface area contributed by atoms with Gasteiger partial charge in [0.2, 0.25) is 0 Å². The molecule has 3 heteroatoms. The van der Waals surface area contributed by atoms with Crippen LogP contribution < -0.4 is 9.69 Å². The van der Waals surface area contributed by atoms with Gasteiger partial charge in [0.15, 0.2) is 0 Å². The van der Waals surface area contributed by atoms with E-state index in [-0.39, 0.29) is 5.41 Å². The van der Waals surface area contributed by atoms with Crippen molar-refractivity contribution in [2.75, 3.05) is 0 Å². The van der Waals surface area contributed by atoms with E-state index in [0.29, 0.717) is 11.8 Å². The van der Waals surface area contributed by atoms with E-state index in [0.717, 1.165) is 5.69 Å². The Morgan fingerprint density at radius 3 is 2.08 bits per heavy atom. The lowest BCUT2D eigenvalue weighted by Crippen LogP contribution is -2.58. The molecule has 5 rings (SSSR count). The van der Waals surface area contributed by atoms with Gasteiger partial charge in [0.25, 0.3) is 0 Å². The molecule has 0 bridgehead atoms. The molecule has 0 spiro atoms. The summed E-state index contributed by atoms with van der Waals surface area (Å²) in [5.41, 5.74) is 3.79. The number of hydrogen-bond donors (Lipinski definition) is 0. The normalized spacial score (nSPS) is 12.8. The second-order valence-corrected chi connectivity index (χ2v) is 18.3. The summed E-state index contributed by atoms with van der Waals surface area (Å²) < 4.78 is 2.94. The number of aromatic nitrogens is 1. The van der Waals surface area contributed by atoms with Crippen molar-refractivity contribution in [2.24, 2.45) is 11.8 Å². The first-order valence-corrected chi connectivity index (χ1v) is 17.3. The van der Waals surface area contributed by atoms with Crippen molar-refractivity contribution in [2.45, 2.75) is 66.0 Å². The molecule has 0 atom stereocenters. The van der Waals surface area contributed by atoms with Gasteiger partial charge in [-0.2, -0.15) is 0 Å². The molecular weight excluding hydrogens is 495 g/mol. The van der Waals surface area contributed by atoms with Crippen molar-refractivity contribution in [1.82, 2.24) is 4.98 Å². The van der Waals surface area contributed by atoms with Gasteiger partial charge in [0, 0.05) is 11.8 Å². The minimum Gasteiger partial charge on any atom is -0.255 e. The van der Waals surface area contributed by atoms with Crippen LogP contribution >= 0.6 is 11.3 Å². The zero-order valence-electron chi connectivity index (χ0n) is 24.0. The van der Waals surface area contributed by atoms with Crippen LogP contribution in [0.4, 0.5) is 0 Å². The highest BCUT2D eigenvalue weighted by atomic mass is 32.1. The van der Waals surface area contributed by atoms with Crippen LogP contribution in [0.1, 0.15) is 54.0 Å². The van der Waals surface area contributed by atoms with E-state index < -0.39 is 8.07 Å². The number of rotatable bonds is 7. The molecule has 0 aliphatic carbocycles. The minimum atomic E-state index is -1.97. The van der Waals surface area contributed by atoms with Crippen molar-refractivity contribution in [1.29, 1.82) is 0 Å². The van der Waals surface area contributed by atoms with Crippen LogP contribution in [0, 0.1) is 11.8 Å². The molecule has 38 heavy (non-hydrogen) atoms. The summed E-state index contributed by atoms with van der Waals surface area (Å²) in [5, 5.41) is 5.54. The van der Waals surface area contributed by atoms with Crippen molar-refractivity contribution >= 4 is 50.0 Å². The quantitative estimate of drug-likeness (QED) is 0.189. The minimum absolute atomic E-state index is 0.0496. The van der Waals surface area contributed by atoms with Gasteiger partial charge in [-0.25, -0.2) is 0 Å². The van der Waals surface area contributed by atoms with E-state index in [1.54, 1.807) is 9.69 Å². The highest BCUT2D eigenvalue weighted by Gasteiger charge is 2.40. The zero-order chi connectivity index (χ0) is 27.1. The molecule has 2 heterocycles. The van der Waals surface area contributed by atoms with Crippen molar-refractivity contribution < 1.29 is 0 Å². The summed E-state index contributed by atoms with van der Waals surface area (Å²) in [6.45, 7) is 16.5. The smallest absolute Gasteiger partial charge is 0.131 e. The average Bonchev–Trinajstić information content (AvgIpc) is 3.32. The fourth-order valence-electron chi connectivity index (χ4n) is 6.29. The highest BCUT2D eigenvalue weighted by Crippen LogP contribution is 2.38. The number of nitrogens with zero attached hydrogens (tertiary/aromatic N) is 1. The monoisotopic (exact) mass is 535 g/mol. The summed E-state index contributed by atoms with van der Waals surface area (Å²) in [4.78, 5) is 5.02. The summed E-state index contributed by atoms with van der Waals surface area (Å²) in [6.07, 6.45) is 2.01. The largest absolute Gasteiger partial charge is 0.255 e. The number of fused-ring (bicyclic) bond motifs is 2. The van der Waals surface area contributed by atoms with E-state index in [2.05, 4.69) is 127 Å². The van der Waals surface area contributed by atoms with Gasteiger partial charge in [0.05, 0.1) is 10.4 Å². The van der Waals surface area contributed by atoms with Gasteiger partial charge in [-0.05, 0) is 79.8 Å². The van der Waals surface area contributed by atoms with Crippen LogP contribution in [0.3, 0.4) is 0 Å². The number of thiophene rings is 1. The third-order valence-corrected chi connectivity index (χ3v) is 15.7. The highest BCUT2D eigenvalue weighted by molar-refractivity contribution is 7.34. The standard InChI is InChI=1S/C35H41NSSi/c1-24(2)22-38(23-25(3)4,29-14-9-8-10-15-29)32-21-27-17-18-36-33(34(27)37-32)28-19-26-13-11-12-16-30(26)31(20-28)35(5,6)7/h8-21,24-25H,22-23H2,1-7H3. The molecular formula is C35H41NSSi. The first-order valence-electron chi connectivity index (χ1n) is 14.1. The van der Waals surface area contributed by atoms with Gasteiger partial charge < -0.3 is 0 Å². The molecule has 0 N–H and O–H groups in total. The number of hydrogen-bond acceptors (Lipinski definition) is 2. The molecule has 0 aliphatic heterocycles. The van der Waals surface area contributed by atoms with Gasteiger partial charge >= 0.3 is 0 Å². The van der Waals surface area contributed by atoms with Crippen LogP contribution in [0.2, 0.25) is 12.1 Å². The van der Waals surface area contributed by atoms with Gasteiger partial charge in [-0.1, -0.05) is 108 Å². The molecule has 0 saturated heterocycles. The SMILES string of the molecule is CC(C)C[Si](CC(C)C)(c1ccccc1)c1cc2ccnc(-c3cc(C(C)(C)C)c4ccccc4c3)c2s1. The Morgan fingerprint density at radius 1 is 0.763 bits per heavy atom. The summed E-state index contributed by atoms with van der Waals surface area (Å²) in [7, 11) is -1.97. The molecule has 0 aliphatic rings. The van der Waals surface area contributed by atoms with Crippen molar-refractivity contribution in [3.8, 4) is 11.3 Å². The maximum atomic E-state index is 5.02. The van der Waals surface area contributed by atoms with Gasteiger partial charge in [-0.15, -0.1) is 11.3 Å². The fraction of sp³-hybridized carbons (Fsp3) is 0.343. The first kappa shape index (κ1) is 26.8. The third kappa shape index (κ3) is 5.11. The molecule has 0 saturated carbocycles. The molecule has 2 aromatic heterocycles. The van der Waals surface area contributed by atoms with Crippen LogP contribution in [0.5, 0.6) is 0 Å². The maximum Gasteiger partial charge on any atom is 0.131 e. The van der Waals surface area contributed by atoms with E-state index >= 15 is 0 Å². The summed E-state index contributed by atoms with van der Waals surface area (Å²) in [5.74, 6) is 1.30. The Kier molecular flexibility index (Phi) is 7.37. The van der Waals surface area contributed by atoms with Crippen LogP contribution in [-0.2, 0) is 5.41 Å². The molecule has 0 unspecified atom stereocenters. The summed E-state index contributed by atoms with van der Waals surface area (Å²) in [6, 6.07) is 32.3. The van der Waals surface area contributed by atoms with Gasteiger partial charge in [0.1, 0.15) is 8.07 Å². The summed E-state index contributed by atoms with van der Waals surface area (Å²) >= 11 is 2.02. The Bertz CT molecular complexity index is 1550. The second kappa shape index (κ2) is 10.4. The van der Waals surface area contributed by atoms with E-state index in [1.807, 2.05) is 17.5 Å². The Balaban J connectivity index is 1.76.